The largest absolute Gasteiger partial charge is 0.455 e. The third-order valence-corrected chi connectivity index (χ3v) is 4.67. The number of rotatable bonds is 4. The van der Waals surface area contributed by atoms with Crippen molar-refractivity contribution in [3.8, 4) is 0 Å². The van der Waals surface area contributed by atoms with E-state index in [4.69, 9.17) is 27.9 Å². The standard InChI is InChI=1S/C17H21Cl2NO3/c1-11-6-12(2)9-20(8-11)16(21)10-23-17(22)7-13-14(18)4-3-5-15(13)19/h3-5,11-12H,6-10H2,1-2H3/t11-,12-/m1/s1. The summed E-state index contributed by atoms with van der Waals surface area (Å²) in [5.41, 5.74) is 0.522. The monoisotopic (exact) mass is 357 g/mol. The molecule has 6 heteroatoms. The molecule has 126 valence electrons. The summed E-state index contributed by atoms with van der Waals surface area (Å²) in [7, 11) is 0. The van der Waals surface area contributed by atoms with Crippen molar-refractivity contribution in [1.82, 2.24) is 4.90 Å². The maximum absolute atomic E-state index is 12.2. The minimum absolute atomic E-state index is 0.0431. The molecule has 0 saturated carbocycles. The number of halogens is 2. The van der Waals surface area contributed by atoms with Crippen LogP contribution in [0.15, 0.2) is 18.2 Å². The van der Waals surface area contributed by atoms with Crippen LogP contribution in [-0.2, 0) is 20.7 Å². The van der Waals surface area contributed by atoms with Gasteiger partial charge in [-0.2, -0.15) is 0 Å². The summed E-state index contributed by atoms with van der Waals surface area (Å²) in [4.78, 5) is 25.9. The van der Waals surface area contributed by atoms with Gasteiger partial charge in [0.1, 0.15) is 0 Å². The van der Waals surface area contributed by atoms with Crippen LogP contribution in [0, 0.1) is 11.8 Å². The molecule has 2 rings (SSSR count). The maximum Gasteiger partial charge on any atom is 0.310 e. The van der Waals surface area contributed by atoms with E-state index >= 15 is 0 Å². The van der Waals surface area contributed by atoms with E-state index in [-0.39, 0.29) is 18.9 Å². The highest BCUT2D eigenvalue weighted by molar-refractivity contribution is 6.36. The number of piperidine rings is 1. The maximum atomic E-state index is 12.2. The molecule has 1 amide bonds. The van der Waals surface area contributed by atoms with Crippen molar-refractivity contribution in [3.05, 3.63) is 33.8 Å². The van der Waals surface area contributed by atoms with E-state index < -0.39 is 5.97 Å². The van der Waals surface area contributed by atoms with Crippen LogP contribution in [-0.4, -0.2) is 36.5 Å². The molecule has 1 saturated heterocycles. The van der Waals surface area contributed by atoms with Crippen LogP contribution in [0.3, 0.4) is 0 Å². The van der Waals surface area contributed by atoms with Gasteiger partial charge in [-0.15, -0.1) is 0 Å². The molecule has 0 spiro atoms. The zero-order valence-electron chi connectivity index (χ0n) is 13.4. The predicted octanol–water partition coefficient (Wildman–Crippen LogP) is 3.58. The molecule has 1 aliphatic heterocycles. The van der Waals surface area contributed by atoms with Crippen LogP contribution < -0.4 is 0 Å². The highest BCUT2D eigenvalue weighted by Gasteiger charge is 2.26. The van der Waals surface area contributed by atoms with Gasteiger partial charge in [-0.05, 0) is 30.4 Å². The summed E-state index contributed by atoms with van der Waals surface area (Å²) in [6.07, 6.45) is 1.08. The molecule has 0 N–H and O–H groups in total. The minimum Gasteiger partial charge on any atom is -0.455 e. The van der Waals surface area contributed by atoms with Crippen molar-refractivity contribution in [3.63, 3.8) is 0 Å². The Kier molecular flexibility index (Phi) is 6.31. The third-order valence-electron chi connectivity index (χ3n) is 3.96. The molecule has 23 heavy (non-hydrogen) atoms. The number of amides is 1. The van der Waals surface area contributed by atoms with E-state index in [1.807, 2.05) is 0 Å². The molecule has 0 radical (unpaired) electrons. The summed E-state index contributed by atoms with van der Waals surface area (Å²) in [6, 6.07) is 5.04. The second kappa shape index (κ2) is 8.02. The first-order chi connectivity index (χ1) is 10.9. The topological polar surface area (TPSA) is 46.6 Å². The normalized spacial score (nSPS) is 21.1. The predicted molar refractivity (Wildman–Crippen MR) is 90.7 cm³/mol. The molecule has 1 heterocycles. The molecule has 0 aliphatic carbocycles. The Hall–Kier alpha value is -1.26. The lowest BCUT2D eigenvalue weighted by Crippen LogP contribution is -2.44. The number of carbonyl (C=O) groups is 2. The lowest BCUT2D eigenvalue weighted by molar-refractivity contribution is -0.152. The highest BCUT2D eigenvalue weighted by atomic mass is 35.5. The number of hydrogen-bond acceptors (Lipinski definition) is 3. The second-order valence-corrected chi connectivity index (χ2v) is 7.10. The zero-order valence-corrected chi connectivity index (χ0v) is 14.9. The van der Waals surface area contributed by atoms with E-state index in [2.05, 4.69) is 13.8 Å². The fourth-order valence-electron chi connectivity index (χ4n) is 3.00. The number of likely N-dealkylation sites (tertiary alicyclic amines) is 1. The van der Waals surface area contributed by atoms with Crippen LogP contribution in [0.5, 0.6) is 0 Å². The summed E-state index contributed by atoms with van der Waals surface area (Å²) in [6.45, 7) is 5.46. The van der Waals surface area contributed by atoms with Gasteiger partial charge in [-0.3, -0.25) is 9.59 Å². The molecule has 1 aliphatic rings. The van der Waals surface area contributed by atoms with E-state index in [1.54, 1.807) is 23.1 Å². The van der Waals surface area contributed by atoms with Crippen molar-refractivity contribution in [2.24, 2.45) is 11.8 Å². The van der Waals surface area contributed by atoms with Gasteiger partial charge in [0.15, 0.2) is 6.61 Å². The molecule has 1 fully saturated rings. The molecule has 0 unspecified atom stereocenters. The second-order valence-electron chi connectivity index (χ2n) is 6.28. The van der Waals surface area contributed by atoms with Gasteiger partial charge in [0.25, 0.3) is 5.91 Å². The van der Waals surface area contributed by atoms with Crippen LogP contribution >= 0.6 is 23.2 Å². The Morgan fingerprint density at radius 1 is 1.17 bits per heavy atom. The van der Waals surface area contributed by atoms with Crippen molar-refractivity contribution < 1.29 is 14.3 Å². The molecule has 0 aromatic heterocycles. The Morgan fingerprint density at radius 2 is 1.74 bits per heavy atom. The summed E-state index contributed by atoms with van der Waals surface area (Å²) < 4.78 is 5.09. The fraction of sp³-hybridized carbons (Fsp3) is 0.529. The molecule has 2 atom stereocenters. The van der Waals surface area contributed by atoms with Gasteiger partial charge < -0.3 is 9.64 Å². The summed E-state index contributed by atoms with van der Waals surface area (Å²) in [5.74, 6) is 0.286. The quantitative estimate of drug-likeness (QED) is 0.773. The van der Waals surface area contributed by atoms with Crippen molar-refractivity contribution >= 4 is 35.1 Å². The fourth-order valence-corrected chi connectivity index (χ4v) is 3.53. The van der Waals surface area contributed by atoms with Crippen LogP contribution in [0.2, 0.25) is 10.0 Å². The Balaban J connectivity index is 1.85. The van der Waals surface area contributed by atoms with Gasteiger partial charge in [0, 0.05) is 28.7 Å². The van der Waals surface area contributed by atoms with Crippen molar-refractivity contribution in [2.45, 2.75) is 26.7 Å². The number of ether oxygens (including phenoxy) is 1. The first-order valence-corrected chi connectivity index (χ1v) is 8.48. The molecule has 0 bridgehead atoms. The van der Waals surface area contributed by atoms with Gasteiger partial charge in [-0.1, -0.05) is 43.1 Å². The zero-order chi connectivity index (χ0) is 17.0. The first-order valence-electron chi connectivity index (χ1n) is 7.73. The first kappa shape index (κ1) is 18.1. The van der Waals surface area contributed by atoms with Gasteiger partial charge in [0.05, 0.1) is 6.42 Å². The molecular weight excluding hydrogens is 337 g/mol. The SMILES string of the molecule is C[C@@H]1C[C@@H](C)CN(C(=O)COC(=O)Cc2c(Cl)cccc2Cl)C1. The van der Waals surface area contributed by atoms with Gasteiger partial charge in [-0.25, -0.2) is 0 Å². The number of benzene rings is 1. The van der Waals surface area contributed by atoms with E-state index in [1.165, 1.54) is 0 Å². The number of hydrogen-bond donors (Lipinski definition) is 0. The Labute approximate surface area is 146 Å². The van der Waals surface area contributed by atoms with Crippen LogP contribution in [0.4, 0.5) is 0 Å². The van der Waals surface area contributed by atoms with E-state index in [0.717, 1.165) is 19.5 Å². The van der Waals surface area contributed by atoms with Crippen LogP contribution in [0.1, 0.15) is 25.8 Å². The van der Waals surface area contributed by atoms with Gasteiger partial charge >= 0.3 is 5.97 Å². The lowest BCUT2D eigenvalue weighted by atomic mass is 9.92. The smallest absolute Gasteiger partial charge is 0.310 e. The third kappa shape index (κ3) is 5.11. The minimum atomic E-state index is -0.508. The molecule has 4 nitrogen and oxygen atoms in total. The molecule has 1 aromatic rings. The number of carbonyl (C=O) groups excluding carboxylic acids is 2. The Morgan fingerprint density at radius 3 is 2.30 bits per heavy atom. The molecular formula is C17H21Cl2NO3. The van der Waals surface area contributed by atoms with Crippen molar-refractivity contribution in [2.75, 3.05) is 19.7 Å². The average molecular weight is 358 g/mol. The van der Waals surface area contributed by atoms with Crippen molar-refractivity contribution in [1.29, 1.82) is 0 Å². The van der Waals surface area contributed by atoms with E-state index in [0.29, 0.717) is 27.4 Å². The Bertz CT molecular complexity index is 561. The summed E-state index contributed by atoms with van der Waals surface area (Å²) in [5, 5.41) is 0.832. The summed E-state index contributed by atoms with van der Waals surface area (Å²) >= 11 is 12.0. The average Bonchev–Trinajstić information content (AvgIpc) is 2.47. The van der Waals surface area contributed by atoms with Crippen LogP contribution in [0.25, 0.3) is 0 Å². The highest BCUT2D eigenvalue weighted by Crippen LogP contribution is 2.25. The van der Waals surface area contributed by atoms with E-state index in [9.17, 15) is 9.59 Å². The molecule has 1 aromatic carbocycles. The lowest BCUT2D eigenvalue weighted by Gasteiger charge is -2.34. The number of nitrogens with zero attached hydrogens (tertiary/aromatic N) is 1. The van der Waals surface area contributed by atoms with Gasteiger partial charge in [0.2, 0.25) is 0 Å². The number of esters is 1.